The maximum absolute atomic E-state index is 12.6. The highest BCUT2D eigenvalue weighted by Gasteiger charge is 2.31. The average molecular weight is 498 g/mol. The molecule has 1 atom stereocenters. The molecule has 1 fully saturated rings. The Hall–Kier alpha value is -2.43. The number of sulfone groups is 1. The van der Waals surface area contributed by atoms with Crippen molar-refractivity contribution in [1.29, 1.82) is 0 Å². The number of hydrogen-bond acceptors (Lipinski definition) is 7. The smallest absolute Gasteiger partial charge is 0.331 e. The molecule has 1 saturated heterocycles. The van der Waals surface area contributed by atoms with E-state index < -0.39 is 15.8 Å². The molecule has 9 nitrogen and oxygen atoms in total. The first-order valence-corrected chi connectivity index (χ1v) is 12.7. The van der Waals surface area contributed by atoms with Gasteiger partial charge in [0.05, 0.1) is 29.8 Å². The van der Waals surface area contributed by atoms with E-state index >= 15 is 0 Å². The number of carbonyl (C=O) groups is 2. The molecular weight excluding hydrogens is 470 g/mol. The Bertz CT molecular complexity index is 1200. The number of hydrogen-bond donors (Lipinski definition) is 0. The fourth-order valence-electron chi connectivity index (χ4n) is 3.96. The number of Topliss-reactive ketones (excluding diaryl/α,β-unsaturated/α-hetero) is 1. The van der Waals surface area contributed by atoms with Crippen molar-refractivity contribution in [3.8, 4) is 0 Å². The third kappa shape index (κ3) is 5.74. The second-order valence-corrected chi connectivity index (χ2v) is 10.7. The van der Waals surface area contributed by atoms with Crippen molar-refractivity contribution in [2.75, 3.05) is 31.8 Å². The Morgan fingerprint density at radius 1 is 1.30 bits per heavy atom. The van der Waals surface area contributed by atoms with Gasteiger partial charge in [0, 0.05) is 42.2 Å². The summed E-state index contributed by atoms with van der Waals surface area (Å²) in [6.07, 6.45) is 3.09. The molecule has 3 rings (SSSR count). The van der Waals surface area contributed by atoms with Crippen LogP contribution in [0.4, 0.5) is 0 Å². The van der Waals surface area contributed by atoms with Crippen LogP contribution in [0.25, 0.3) is 6.08 Å². The van der Waals surface area contributed by atoms with Gasteiger partial charge >= 0.3 is 5.97 Å². The first-order chi connectivity index (χ1) is 15.5. The molecule has 180 valence electrons. The minimum absolute atomic E-state index is 0.00671. The van der Waals surface area contributed by atoms with E-state index in [0.717, 1.165) is 11.4 Å². The summed E-state index contributed by atoms with van der Waals surface area (Å²) in [6, 6.07) is 1.45. The molecule has 0 amide bonds. The summed E-state index contributed by atoms with van der Waals surface area (Å²) in [4.78, 5) is 24.8. The summed E-state index contributed by atoms with van der Waals surface area (Å²) in [6.45, 7) is 6.24. The van der Waals surface area contributed by atoms with E-state index in [4.69, 9.17) is 21.1 Å². The molecule has 3 heterocycles. The van der Waals surface area contributed by atoms with Crippen molar-refractivity contribution >= 4 is 39.3 Å². The van der Waals surface area contributed by atoms with Crippen molar-refractivity contribution in [3.05, 3.63) is 45.5 Å². The number of aryl methyl sites for hydroxylation is 2. The van der Waals surface area contributed by atoms with Gasteiger partial charge in [0.25, 0.3) is 0 Å². The summed E-state index contributed by atoms with van der Waals surface area (Å²) < 4.78 is 37.2. The number of rotatable bonds is 9. The Morgan fingerprint density at radius 2 is 2.03 bits per heavy atom. The zero-order valence-electron chi connectivity index (χ0n) is 19.1. The summed E-state index contributed by atoms with van der Waals surface area (Å²) in [5, 5.41) is 4.60. The lowest BCUT2D eigenvalue weighted by Crippen LogP contribution is -2.14. The second kappa shape index (κ2) is 10.2. The molecule has 11 heteroatoms. The number of ketones is 1. The van der Waals surface area contributed by atoms with Crippen LogP contribution in [0.2, 0.25) is 5.15 Å². The zero-order chi connectivity index (χ0) is 24.3. The highest BCUT2D eigenvalue weighted by Crippen LogP contribution is 2.30. The van der Waals surface area contributed by atoms with Gasteiger partial charge < -0.3 is 14.0 Å². The van der Waals surface area contributed by atoms with Crippen molar-refractivity contribution in [1.82, 2.24) is 14.3 Å². The highest BCUT2D eigenvalue weighted by atomic mass is 35.5. The van der Waals surface area contributed by atoms with Gasteiger partial charge in [0.1, 0.15) is 5.15 Å². The topological polar surface area (TPSA) is 109 Å². The Kier molecular flexibility index (Phi) is 7.81. The predicted octanol–water partition coefficient (Wildman–Crippen LogP) is 2.71. The SMILES string of the molecule is COCCn1c(C)cc(C(=O)COC(=O)/C=C/c2c(C)nn([C@@H]3CCS(=O)(=O)C3)c2Cl)c1C. The van der Waals surface area contributed by atoms with Crippen LogP contribution in [-0.4, -0.2) is 66.3 Å². The molecule has 0 saturated carbocycles. The van der Waals surface area contributed by atoms with E-state index in [9.17, 15) is 18.0 Å². The van der Waals surface area contributed by atoms with E-state index in [0.29, 0.717) is 36.4 Å². The van der Waals surface area contributed by atoms with Crippen LogP contribution in [-0.2, 0) is 30.7 Å². The Morgan fingerprint density at radius 3 is 2.67 bits per heavy atom. The van der Waals surface area contributed by atoms with Crippen LogP contribution in [0, 0.1) is 20.8 Å². The molecular formula is C22H28ClN3O6S. The summed E-state index contributed by atoms with van der Waals surface area (Å²) >= 11 is 6.40. The van der Waals surface area contributed by atoms with Gasteiger partial charge in [-0.2, -0.15) is 5.10 Å². The van der Waals surface area contributed by atoms with Crippen molar-refractivity contribution in [3.63, 3.8) is 0 Å². The van der Waals surface area contributed by atoms with E-state index in [1.54, 1.807) is 20.1 Å². The lowest BCUT2D eigenvalue weighted by atomic mass is 10.1. The second-order valence-electron chi connectivity index (χ2n) is 8.08. The fourth-order valence-corrected chi connectivity index (χ4v) is 6.02. The summed E-state index contributed by atoms with van der Waals surface area (Å²) in [7, 11) is -1.47. The Balaban J connectivity index is 1.63. The van der Waals surface area contributed by atoms with Crippen molar-refractivity contribution < 1.29 is 27.5 Å². The van der Waals surface area contributed by atoms with Crippen LogP contribution in [0.5, 0.6) is 0 Å². The summed E-state index contributed by atoms with van der Waals surface area (Å²) in [5.74, 6) is -0.887. The normalized spacial score (nSPS) is 17.7. The van der Waals surface area contributed by atoms with Gasteiger partial charge in [-0.05, 0) is 39.3 Å². The summed E-state index contributed by atoms with van der Waals surface area (Å²) in [5.41, 5.74) is 3.30. The largest absolute Gasteiger partial charge is 0.454 e. The van der Waals surface area contributed by atoms with Gasteiger partial charge in [-0.25, -0.2) is 17.9 Å². The van der Waals surface area contributed by atoms with Gasteiger partial charge in [0.15, 0.2) is 16.4 Å². The van der Waals surface area contributed by atoms with E-state index in [-0.39, 0.29) is 35.1 Å². The van der Waals surface area contributed by atoms with Crippen LogP contribution in [0.1, 0.15) is 45.5 Å². The van der Waals surface area contributed by atoms with Crippen LogP contribution < -0.4 is 0 Å². The fraction of sp³-hybridized carbons (Fsp3) is 0.500. The quantitative estimate of drug-likeness (QED) is 0.297. The number of methoxy groups -OCH3 is 1. The van der Waals surface area contributed by atoms with Crippen LogP contribution >= 0.6 is 11.6 Å². The molecule has 0 aromatic carbocycles. The minimum Gasteiger partial charge on any atom is -0.454 e. The van der Waals surface area contributed by atoms with Crippen molar-refractivity contribution in [2.24, 2.45) is 0 Å². The minimum atomic E-state index is -3.09. The standard InChI is InChI=1S/C22H28ClN3O6S/c1-14-11-19(16(3)25(14)8-9-31-4)20(27)12-32-21(28)6-5-18-15(2)24-26(22(18)23)17-7-10-33(29,30)13-17/h5-6,11,17H,7-10,12-13H2,1-4H3/b6-5+/t17-/m1/s1. The number of halogens is 1. The lowest BCUT2D eigenvalue weighted by molar-refractivity contribution is -0.136. The number of esters is 1. The molecule has 0 bridgehead atoms. The number of nitrogens with zero attached hydrogens (tertiary/aromatic N) is 3. The zero-order valence-corrected chi connectivity index (χ0v) is 20.7. The maximum atomic E-state index is 12.6. The molecule has 0 spiro atoms. The van der Waals surface area contributed by atoms with E-state index in [2.05, 4.69) is 5.10 Å². The first kappa shape index (κ1) is 25.2. The van der Waals surface area contributed by atoms with Crippen molar-refractivity contribution in [2.45, 2.75) is 39.8 Å². The molecule has 2 aromatic rings. The third-order valence-electron chi connectivity index (χ3n) is 5.75. The van der Waals surface area contributed by atoms with Crippen LogP contribution in [0.15, 0.2) is 12.1 Å². The molecule has 0 aliphatic carbocycles. The monoisotopic (exact) mass is 497 g/mol. The van der Waals surface area contributed by atoms with E-state index in [1.165, 1.54) is 16.8 Å². The van der Waals surface area contributed by atoms with Gasteiger partial charge in [-0.15, -0.1) is 0 Å². The Labute approximate surface area is 198 Å². The molecule has 2 aromatic heterocycles. The molecule has 1 aliphatic heterocycles. The number of aromatic nitrogens is 3. The molecule has 0 radical (unpaired) electrons. The average Bonchev–Trinajstić information content (AvgIpc) is 3.36. The maximum Gasteiger partial charge on any atom is 0.331 e. The van der Waals surface area contributed by atoms with E-state index in [1.807, 2.05) is 18.4 Å². The van der Waals surface area contributed by atoms with Gasteiger partial charge in [-0.3, -0.25) is 4.79 Å². The van der Waals surface area contributed by atoms with Crippen LogP contribution in [0.3, 0.4) is 0 Å². The van der Waals surface area contributed by atoms with Gasteiger partial charge in [-0.1, -0.05) is 11.6 Å². The number of ether oxygens (including phenoxy) is 2. The third-order valence-corrected chi connectivity index (χ3v) is 7.88. The van der Waals surface area contributed by atoms with Gasteiger partial charge in [0.2, 0.25) is 5.78 Å². The molecule has 33 heavy (non-hydrogen) atoms. The molecule has 1 aliphatic rings. The lowest BCUT2D eigenvalue weighted by Gasteiger charge is -2.09. The molecule has 0 N–H and O–H groups in total. The first-order valence-electron chi connectivity index (χ1n) is 10.5. The highest BCUT2D eigenvalue weighted by molar-refractivity contribution is 7.91. The molecule has 0 unspecified atom stereocenters. The number of carbonyl (C=O) groups excluding carboxylic acids is 2. The predicted molar refractivity (Wildman–Crippen MR) is 124 cm³/mol.